The molecule has 2 nitrogen and oxygen atoms in total. The minimum absolute atomic E-state index is 0.280. The normalized spacial score (nSPS) is 52.4. The van der Waals surface area contributed by atoms with Crippen LogP contribution in [0.3, 0.4) is 0 Å². The highest BCUT2D eigenvalue weighted by molar-refractivity contribution is 5.07. The Kier molecular flexibility index (Phi) is 2.16. The van der Waals surface area contributed by atoms with Crippen LogP contribution in [0, 0.1) is 22.7 Å². The maximum absolute atomic E-state index is 9.67. The summed E-state index contributed by atoms with van der Waals surface area (Å²) >= 11 is 0. The summed E-state index contributed by atoms with van der Waals surface area (Å²) in [6.07, 6.45) is 7.93. The molecule has 2 atom stereocenters. The number of aliphatic hydroxyl groups excluding tert-OH is 1. The lowest BCUT2D eigenvalue weighted by Crippen LogP contribution is -2.54. The summed E-state index contributed by atoms with van der Waals surface area (Å²) in [4.78, 5) is 0. The number of hydrogen-bond acceptors (Lipinski definition) is 2. The fraction of sp³-hybridized carbons (Fsp3) is 1.00. The number of aliphatic hydroxyl groups is 1. The molecule has 0 aromatic carbocycles. The summed E-state index contributed by atoms with van der Waals surface area (Å²) in [5.41, 5.74) is 0.712. The molecule has 0 spiro atoms. The van der Waals surface area contributed by atoms with Crippen LogP contribution < -0.4 is 0 Å². The average molecular weight is 210 g/mol. The molecule has 0 saturated heterocycles. The molecule has 4 rings (SSSR count). The van der Waals surface area contributed by atoms with Crippen molar-refractivity contribution in [3.8, 4) is 0 Å². The highest BCUT2D eigenvalue weighted by Crippen LogP contribution is 2.65. The van der Waals surface area contributed by atoms with E-state index in [1.165, 1.54) is 38.5 Å². The number of methoxy groups -OCH3 is 1. The second-order valence-corrected chi connectivity index (χ2v) is 6.55. The standard InChI is InChI=1S/C13H22O2/c1-15-9-13-5-10-2-11(6-13)4-12(3-10,7-13)8-14/h10-11,14H,2-9H2,1H3. The molecule has 4 aliphatic carbocycles. The van der Waals surface area contributed by atoms with Gasteiger partial charge in [0.05, 0.1) is 6.61 Å². The number of ether oxygens (including phenoxy) is 1. The molecule has 0 aromatic rings. The molecule has 4 bridgehead atoms. The average Bonchev–Trinajstić information content (AvgIpc) is 2.15. The molecule has 4 aliphatic rings. The number of hydrogen-bond donors (Lipinski definition) is 1. The molecule has 2 unspecified atom stereocenters. The Morgan fingerprint density at radius 1 is 1.13 bits per heavy atom. The molecule has 0 amide bonds. The Balaban J connectivity index is 1.88. The first kappa shape index (κ1) is 10.1. The zero-order valence-electron chi connectivity index (χ0n) is 9.67. The Labute approximate surface area is 92.0 Å². The summed E-state index contributed by atoms with van der Waals surface area (Å²) in [6, 6.07) is 0. The molecular weight excluding hydrogens is 188 g/mol. The van der Waals surface area contributed by atoms with Gasteiger partial charge >= 0.3 is 0 Å². The van der Waals surface area contributed by atoms with E-state index < -0.39 is 0 Å². The lowest BCUT2D eigenvalue weighted by Gasteiger charge is -2.61. The van der Waals surface area contributed by atoms with E-state index >= 15 is 0 Å². The first-order valence-corrected chi connectivity index (χ1v) is 6.29. The SMILES string of the molecule is COCC12CC3CC(CC(CO)(C3)C1)C2. The molecule has 0 heterocycles. The fourth-order valence-electron chi connectivity index (χ4n) is 5.31. The van der Waals surface area contributed by atoms with Crippen LogP contribution in [0.25, 0.3) is 0 Å². The predicted octanol–water partition coefficient (Wildman–Crippen LogP) is 2.21. The van der Waals surface area contributed by atoms with Gasteiger partial charge in [-0.25, -0.2) is 0 Å². The van der Waals surface area contributed by atoms with Crippen LogP contribution >= 0.6 is 0 Å². The van der Waals surface area contributed by atoms with E-state index in [0.717, 1.165) is 18.4 Å². The van der Waals surface area contributed by atoms with Gasteiger partial charge in [-0.15, -0.1) is 0 Å². The summed E-state index contributed by atoms with van der Waals surface area (Å²) in [7, 11) is 1.82. The molecule has 0 radical (unpaired) electrons. The van der Waals surface area contributed by atoms with Gasteiger partial charge in [-0.2, -0.15) is 0 Å². The topological polar surface area (TPSA) is 29.5 Å². The highest BCUT2D eigenvalue weighted by atomic mass is 16.5. The van der Waals surface area contributed by atoms with Crippen molar-refractivity contribution in [3.05, 3.63) is 0 Å². The first-order chi connectivity index (χ1) is 7.19. The van der Waals surface area contributed by atoms with E-state index in [1.807, 2.05) is 7.11 Å². The van der Waals surface area contributed by atoms with Crippen molar-refractivity contribution in [3.63, 3.8) is 0 Å². The maximum Gasteiger partial charge on any atom is 0.0519 e. The molecule has 0 aromatic heterocycles. The largest absolute Gasteiger partial charge is 0.396 e. The zero-order chi connectivity index (χ0) is 10.5. The third-order valence-corrected chi connectivity index (χ3v) is 5.09. The molecule has 4 fully saturated rings. The van der Waals surface area contributed by atoms with Gasteiger partial charge in [0.2, 0.25) is 0 Å². The van der Waals surface area contributed by atoms with Crippen molar-refractivity contribution in [1.29, 1.82) is 0 Å². The summed E-state index contributed by atoms with van der Waals surface area (Å²) in [5, 5.41) is 9.67. The van der Waals surface area contributed by atoms with Crippen molar-refractivity contribution in [2.24, 2.45) is 22.7 Å². The molecule has 86 valence electrons. The molecular formula is C13H22O2. The van der Waals surface area contributed by atoms with Gasteiger partial charge in [0.15, 0.2) is 0 Å². The van der Waals surface area contributed by atoms with Crippen molar-refractivity contribution in [2.75, 3.05) is 20.3 Å². The quantitative estimate of drug-likeness (QED) is 0.774. The van der Waals surface area contributed by atoms with Gasteiger partial charge in [-0.3, -0.25) is 0 Å². The van der Waals surface area contributed by atoms with E-state index in [0.29, 0.717) is 12.0 Å². The third-order valence-electron chi connectivity index (χ3n) is 5.09. The Hall–Kier alpha value is -0.0800. The summed E-state index contributed by atoms with van der Waals surface area (Å²) in [5.74, 6) is 1.77. The Morgan fingerprint density at radius 3 is 2.27 bits per heavy atom. The zero-order valence-corrected chi connectivity index (χ0v) is 9.67. The van der Waals surface area contributed by atoms with Gasteiger partial charge in [-0.05, 0) is 61.2 Å². The lowest BCUT2D eigenvalue weighted by atomic mass is 9.44. The second kappa shape index (κ2) is 3.21. The van der Waals surface area contributed by atoms with Gasteiger partial charge in [-0.1, -0.05) is 0 Å². The lowest BCUT2D eigenvalue weighted by molar-refractivity contribution is -0.149. The van der Waals surface area contributed by atoms with Crippen molar-refractivity contribution in [1.82, 2.24) is 0 Å². The van der Waals surface area contributed by atoms with E-state index in [-0.39, 0.29) is 5.41 Å². The van der Waals surface area contributed by atoms with Crippen LogP contribution in [0.1, 0.15) is 38.5 Å². The van der Waals surface area contributed by atoms with Crippen LogP contribution in [-0.2, 0) is 4.74 Å². The minimum Gasteiger partial charge on any atom is -0.396 e. The Morgan fingerprint density at radius 2 is 1.73 bits per heavy atom. The highest BCUT2D eigenvalue weighted by Gasteiger charge is 2.57. The second-order valence-electron chi connectivity index (χ2n) is 6.55. The molecule has 1 N–H and O–H groups in total. The summed E-state index contributed by atoms with van der Waals surface area (Å²) in [6.45, 7) is 1.33. The van der Waals surface area contributed by atoms with Crippen LogP contribution in [0.2, 0.25) is 0 Å². The molecule has 15 heavy (non-hydrogen) atoms. The van der Waals surface area contributed by atoms with Crippen LogP contribution in [0.5, 0.6) is 0 Å². The van der Waals surface area contributed by atoms with Crippen molar-refractivity contribution >= 4 is 0 Å². The fourth-order valence-corrected chi connectivity index (χ4v) is 5.31. The third kappa shape index (κ3) is 1.45. The van der Waals surface area contributed by atoms with E-state index in [4.69, 9.17) is 4.74 Å². The minimum atomic E-state index is 0.280. The first-order valence-electron chi connectivity index (χ1n) is 6.29. The van der Waals surface area contributed by atoms with E-state index in [2.05, 4.69) is 0 Å². The van der Waals surface area contributed by atoms with Crippen molar-refractivity contribution in [2.45, 2.75) is 38.5 Å². The van der Waals surface area contributed by atoms with Crippen LogP contribution in [0.4, 0.5) is 0 Å². The smallest absolute Gasteiger partial charge is 0.0519 e. The summed E-state index contributed by atoms with van der Waals surface area (Å²) < 4.78 is 5.43. The molecule has 4 saturated carbocycles. The van der Waals surface area contributed by atoms with Gasteiger partial charge in [0.1, 0.15) is 0 Å². The van der Waals surface area contributed by atoms with E-state index in [9.17, 15) is 5.11 Å². The van der Waals surface area contributed by atoms with Crippen LogP contribution in [0.15, 0.2) is 0 Å². The molecule has 0 aliphatic heterocycles. The van der Waals surface area contributed by atoms with Gasteiger partial charge in [0, 0.05) is 13.7 Å². The van der Waals surface area contributed by atoms with Gasteiger partial charge in [0.25, 0.3) is 0 Å². The monoisotopic (exact) mass is 210 g/mol. The van der Waals surface area contributed by atoms with E-state index in [1.54, 1.807) is 0 Å². The van der Waals surface area contributed by atoms with Crippen LogP contribution in [-0.4, -0.2) is 25.4 Å². The number of rotatable bonds is 3. The maximum atomic E-state index is 9.67. The van der Waals surface area contributed by atoms with Crippen molar-refractivity contribution < 1.29 is 9.84 Å². The van der Waals surface area contributed by atoms with Gasteiger partial charge < -0.3 is 9.84 Å². The molecule has 2 heteroatoms. The predicted molar refractivity (Wildman–Crippen MR) is 58.5 cm³/mol. The Bertz CT molecular complexity index is 247.